The Morgan fingerprint density at radius 3 is 2.61 bits per heavy atom. The third kappa shape index (κ3) is 7.11. The van der Waals surface area contributed by atoms with Gasteiger partial charge in [-0.3, -0.25) is 4.79 Å². The van der Waals surface area contributed by atoms with Gasteiger partial charge in [0.2, 0.25) is 5.91 Å². The van der Waals surface area contributed by atoms with Gasteiger partial charge in [0.15, 0.2) is 11.5 Å². The number of ether oxygens (including phenoxy) is 2. The lowest BCUT2D eigenvalue weighted by atomic mass is 9.93. The molecule has 2 N–H and O–H groups in total. The SMILES string of the molecule is CCCCCCCC(=O)NC(CN1CCC(C)(C)C1)C(O)c1ccc2c(c1)OCCO2. The molecule has 2 aliphatic rings. The number of rotatable bonds is 11. The summed E-state index contributed by atoms with van der Waals surface area (Å²) in [7, 11) is 0. The maximum atomic E-state index is 12.7. The Bertz CT molecular complexity index is 721. The van der Waals surface area contributed by atoms with E-state index in [1.54, 1.807) is 0 Å². The molecule has 1 saturated heterocycles. The lowest BCUT2D eigenvalue weighted by Gasteiger charge is -2.30. The molecule has 1 amide bonds. The van der Waals surface area contributed by atoms with Gasteiger partial charge >= 0.3 is 0 Å². The molecule has 31 heavy (non-hydrogen) atoms. The van der Waals surface area contributed by atoms with Crippen LogP contribution in [0, 0.1) is 5.41 Å². The molecule has 0 spiro atoms. The average molecular weight is 433 g/mol. The maximum absolute atomic E-state index is 12.7. The molecule has 0 aliphatic carbocycles. The number of aliphatic hydroxyl groups excluding tert-OH is 1. The van der Waals surface area contributed by atoms with Gasteiger partial charge in [-0.1, -0.05) is 52.5 Å². The smallest absolute Gasteiger partial charge is 0.220 e. The first-order chi connectivity index (χ1) is 14.9. The molecule has 174 valence electrons. The zero-order valence-electron chi connectivity index (χ0n) is 19.5. The zero-order chi connectivity index (χ0) is 22.3. The summed E-state index contributed by atoms with van der Waals surface area (Å²) in [6.07, 6.45) is 6.41. The van der Waals surface area contributed by atoms with Crippen LogP contribution in [0.15, 0.2) is 18.2 Å². The number of carbonyl (C=O) groups is 1. The number of amides is 1. The number of benzene rings is 1. The van der Waals surface area contributed by atoms with Crippen molar-refractivity contribution in [2.75, 3.05) is 32.8 Å². The number of carbonyl (C=O) groups excluding carboxylic acids is 1. The van der Waals surface area contributed by atoms with Crippen molar-refractivity contribution in [1.82, 2.24) is 10.2 Å². The van der Waals surface area contributed by atoms with Crippen LogP contribution in [0.3, 0.4) is 0 Å². The lowest BCUT2D eigenvalue weighted by Crippen LogP contribution is -2.47. The van der Waals surface area contributed by atoms with E-state index in [2.05, 4.69) is 31.0 Å². The first kappa shape index (κ1) is 23.9. The van der Waals surface area contributed by atoms with Crippen LogP contribution < -0.4 is 14.8 Å². The summed E-state index contributed by atoms with van der Waals surface area (Å²) in [6, 6.07) is 5.20. The van der Waals surface area contributed by atoms with E-state index in [0.29, 0.717) is 37.7 Å². The van der Waals surface area contributed by atoms with Crippen LogP contribution in [0.1, 0.15) is 77.4 Å². The third-order valence-electron chi connectivity index (χ3n) is 6.35. The van der Waals surface area contributed by atoms with Gasteiger partial charge in [-0.2, -0.15) is 0 Å². The summed E-state index contributed by atoms with van der Waals surface area (Å²) in [5.74, 6) is 1.39. The van der Waals surface area contributed by atoms with Gasteiger partial charge in [0.1, 0.15) is 19.3 Å². The molecular weight excluding hydrogens is 392 g/mol. The Morgan fingerprint density at radius 2 is 1.90 bits per heavy atom. The Labute approximate surface area is 187 Å². The van der Waals surface area contributed by atoms with E-state index in [1.165, 1.54) is 19.3 Å². The van der Waals surface area contributed by atoms with E-state index in [4.69, 9.17) is 9.47 Å². The maximum Gasteiger partial charge on any atom is 0.220 e. The molecule has 1 aromatic rings. The van der Waals surface area contributed by atoms with E-state index in [9.17, 15) is 9.90 Å². The molecule has 2 heterocycles. The van der Waals surface area contributed by atoms with Crippen LogP contribution in [-0.4, -0.2) is 54.8 Å². The topological polar surface area (TPSA) is 71.0 Å². The predicted octanol–water partition coefficient (Wildman–Crippen LogP) is 4.07. The van der Waals surface area contributed by atoms with Crippen LogP contribution in [-0.2, 0) is 4.79 Å². The Morgan fingerprint density at radius 1 is 1.16 bits per heavy atom. The Kier molecular flexibility index (Phi) is 8.61. The van der Waals surface area contributed by atoms with Crippen LogP contribution in [0.2, 0.25) is 0 Å². The number of hydrogen-bond donors (Lipinski definition) is 2. The van der Waals surface area contributed by atoms with Gasteiger partial charge in [-0.05, 0) is 42.5 Å². The van der Waals surface area contributed by atoms with Crippen molar-refractivity contribution < 1.29 is 19.4 Å². The minimum absolute atomic E-state index is 0.0246. The van der Waals surface area contributed by atoms with Crippen molar-refractivity contribution in [3.63, 3.8) is 0 Å². The molecule has 3 rings (SSSR count). The Balaban J connectivity index is 1.65. The summed E-state index contributed by atoms with van der Waals surface area (Å²) in [4.78, 5) is 15.0. The highest BCUT2D eigenvalue weighted by atomic mass is 16.6. The molecule has 0 aromatic heterocycles. The highest BCUT2D eigenvalue weighted by Crippen LogP contribution is 2.34. The van der Waals surface area contributed by atoms with Gasteiger partial charge < -0.3 is 24.8 Å². The lowest BCUT2D eigenvalue weighted by molar-refractivity contribution is -0.123. The summed E-state index contributed by atoms with van der Waals surface area (Å²) >= 11 is 0. The van der Waals surface area contributed by atoms with Crippen molar-refractivity contribution in [3.8, 4) is 11.5 Å². The van der Waals surface area contributed by atoms with E-state index in [0.717, 1.165) is 37.9 Å². The highest BCUT2D eigenvalue weighted by Gasteiger charge is 2.33. The Hall–Kier alpha value is -1.79. The quantitative estimate of drug-likeness (QED) is 0.516. The standard InChI is InChI=1S/C25H40N2O4/c1-4-5-6-7-8-9-23(28)26-20(17-27-13-12-25(2,3)18-27)24(29)19-10-11-21-22(16-19)31-15-14-30-21/h10-11,16,20,24,29H,4-9,12-15,17-18H2,1-3H3,(H,26,28). The second-order valence-corrected chi connectivity index (χ2v) is 9.84. The molecule has 1 fully saturated rings. The van der Waals surface area contributed by atoms with Gasteiger partial charge in [0, 0.05) is 19.5 Å². The van der Waals surface area contributed by atoms with Crippen molar-refractivity contribution in [3.05, 3.63) is 23.8 Å². The number of fused-ring (bicyclic) bond motifs is 1. The monoisotopic (exact) mass is 432 g/mol. The number of hydrogen-bond acceptors (Lipinski definition) is 5. The predicted molar refractivity (Wildman–Crippen MR) is 123 cm³/mol. The summed E-state index contributed by atoms with van der Waals surface area (Å²) in [6.45, 7) is 10.4. The molecule has 2 unspecified atom stereocenters. The van der Waals surface area contributed by atoms with Gasteiger partial charge in [-0.15, -0.1) is 0 Å². The number of unbranched alkanes of at least 4 members (excludes halogenated alkanes) is 4. The largest absolute Gasteiger partial charge is 0.486 e. The molecule has 2 aliphatic heterocycles. The van der Waals surface area contributed by atoms with E-state index in [1.807, 2.05) is 18.2 Å². The summed E-state index contributed by atoms with van der Waals surface area (Å²) in [5.41, 5.74) is 1.02. The van der Waals surface area contributed by atoms with Crippen molar-refractivity contribution in [2.24, 2.45) is 5.41 Å². The second-order valence-electron chi connectivity index (χ2n) is 9.84. The van der Waals surface area contributed by atoms with Crippen molar-refractivity contribution in [2.45, 2.75) is 77.9 Å². The summed E-state index contributed by atoms with van der Waals surface area (Å²) < 4.78 is 11.3. The molecular formula is C25H40N2O4. The minimum atomic E-state index is -0.802. The fraction of sp³-hybridized carbons (Fsp3) is 0.720. The number of likely N-dealkylation sites (tertiary alicyclic amines) is 1. The van der Waals surface area contributed by atoms with E-state index in [-0.39, 0.29) is 17.4 Å². The zero-order valence-corrected chi connectivity index (χ0v) is 19.5. The first-order valence-corrected chi connectivity index (χ1v) is 12.0. The van der Waals surface area contributed by atoms with Gasteiger partial charge in [-0.25, -0.2) is 0 Å². The van der Waals surface area contributed by atoms with Crippen LogP contribution in [0.25, 0.3) is 0 Å². The first-order valence-electron chi connectivity index (χ1n) is 12.0. The minimum Gasteiger partial charge on any atom is -0.486 e. The average Bonchev–Trinajstić information content (AvgIpc) is 3.10. The van der Waals surface area contributed by atoms with E-state index < -0.39 is 6.10 Å². The molecule has 1 aromatic carbocycles. The fourth-order valence-electron chi connectivity index (χ4n) is 4.53. The van der Waals surface area contributed by atoms with E-state index >= 15 is 0 Å². The molecule has 6 heteroatoms. The van der Waals surface area contributed by atoms with Crippen LogP contribution >= 0.6 is 0 Å². The number of aliphatic hydroxyl groups is 1. The molecule has 2 atom stereocenters. The molecule has 6 nitrogen and oxygen atoms in total. The normalized spacial score (nSPS) is 19.7. The third-order valence-corrected chi connectivity index (χ3v) is 6.35. The number of nitrogens with zero attached hydrogens (tertiary/aromatic N) is 1. The number of nitrogens with one attached hydrogen (secondary N) is 1. The fourth-order valence-corrected chi connectivity index (χ4v) is 4.53. The van der Waals surface area contributed by atoms with Crippen molar-refractivity contribution >= 4 is 5.91 Å². The van der Waals surface area contributed by atoms with Crippen LogP contribution in [0.5, 0.6) is 11.5 Å². The summed E-state index contributed by atoms with van der Waals surface area (Å²) in [5, 5.41) is 14.4. The molecule has 0 bridgehead atoms. The highest BCUT2D eigenvalue weighted by molar-refractivity contribution is 5.76. The van der Waals surface area contributed by atoms with Gasteiger partial charge in [0.25, 0.3) is 0 Å². The molecule has 0 saturated carbocycles. The van der Waals surface area contributed by atoms with Crippen LogP contribution in [0.4, 0.5) is 0 Å². The second kappa shape index (κ2) is 11.2. The van der Waals surface area contributed by atoms with Crippen molar-refractivity contribution in [1.29, 1.82) is 0 Å². The van der Waals surface area contributed by atoms with Gasteiger partial charge in [0.05, 0.1) is 6.04 Å². The molecule has 0 radical (unpaired) electrons.